The molecule has 0 spiro atoms. The lowest BCUT2D eigenvalue weighted by molar-refractivity contribution is -0.118. The Kier molecular flexibility index (Phi) is 6.32. The van der Waals surface area contributed by atoms with Crippen molar-refractivity contribution >= 4 is 17.5 Å². The first-order chi connectivity index (χ1) is 19.2. The second-order valence-corrected chi connectivity index (χ2v) is 9.60. The number of anilines is 1. The van der Waals surface area contributed by atoms with Gasteiger partial charge in [-0.05, 0) is 42.7 Å². The molecule has 0 bridgehead atoms. The third kappa shape index (κ3) is 4.29. The van der Waals surface area contributed by atoms with Crippen LogP contribution >= 0.6 is 0 Å². The van der Waals surface area contributed by atoms with Gasteiger partial charge < -0.3 is 9.80 Å². The van der Waals surface area contributed by atoms with Gasteiger partial charge >= 0.3 is 0 Å². The number of nitrogens with zero attached hydrogens (tertiary/aromatic N) is 5. The summed E-state index contributed by atoms with van der Waals surface area (Å²) in [5.74, 6) is -7.38. The highest BCUT2D eigenvalue weighted by atomic mass is 19.2. The molecule has 0 unspecified atom stereocenters. The molecule has 2 aromatic heterocycles. The summed E-state index contributed by atoms with van der Waals surface area (Å²) in [6, 6.07) is 9.91. The Morgan fingerprint density at radius 2 is 1.60 bits per heavy atom. The first-order valence-electron chi connectivity index (χ1n) is 12.5. The van der Waals surface area contributed by atoms with E-state index in [1.165, 1.54) is 28.1 Å². The summed E-state index contributed by atoms with van der Waals surface area (Å²) < 4.78 is 71.3. The van der Waals surface area contributed by atoms with Crippen molar-refractivity contribution in [3.8, 4) is 17.1 Å². The lowest BCUT2D eigenvalue weighted by Crippen LogP contribution is -2.48. The molecule has 0 radical (unpaired) electrons. The lowest BCUT2D eigenvalue weighted by atomic mass is 10.0. The number of carbonyl (C=O) groups is 2. The van der Waals surface area contributed by atoms with E-state index in [1.807, 2.05) is 0 Å². The van der Waals surface area contributed by atoms with E-state index in [0.29, 0.717) is 24.1 Å². The van der Waals surface area contributed by atoms with Gasteiger partial charge in [-0.15, -0.1) is 0 Å². The van der Waals surface area contributed by atoms with Crippen molar-refractivity contribution in [1.82, 2.24) is 19.7 Å². The van der Waals surface area contributed by atoms with Crippen LogP contribution in [0.2, 0.25) is 0 Å². The average molecular weight is 553 g/mol. The highest BCUT2D eigenvalue weighted by Gasteiger charge is 2.38. The summed E-state index contributed by atoms with van der Waals surface area (Å²) in [7, 11) is 0. The van der Waals surface area contributed by atoms with Crippen molar-refractivity contribution in [2.24, 2.45) is 0 Å². The quantitative estimate of drug-likeness (QED) is 0.268. The molecule has 0 aliphatic carbocycles. The Morgan fingerprint density at radius 1 is 0.875 bits per heavy atom. The van der Waals surface area contributed by atoms with E-state index in [0.717, 1.165) is 22.9 Å². The van der Waals surface area contributed by atoms with Crippen LogP contribution < -0.4 is 4.90 Å². The molecule has 6 rings (SSSR count). The van der Waals surface area contributed by atoms with E-state index in [9.17, 15) is 31.5 Å². The molecule has 0 N–H and O–H groups in total. The molecule has 1 fully saturated rings. The predicted octanol–water partition coefficient (Wildman–Crippen LogP) is 4.82. The van der Waals surface area contributed by atoms with Gasteiger partial charge in [-0.25, -0.2) is 26.6 Å². The van der Waals surface area contributed by atoms with Gasteiger partial charge in [-0.2, -0.15) is 5.10 Å². The van der Waals surface area contributed by atoms with Crippen LogP contribution in [0.25, 0.3) is 17.1 Å². The standard InChI is InChI=1S/C28H20F5N5O2/c29-18-5-4-15-11-24(39)37(27(15)26(18)33)16-6-9-36(10-7-16)28(40)22-14-23(21-3-1-2-8-34-21)38(35-22)17-12-19(30)25(32)20(31)13-17/h1-5,8,12-14,16H,6-7,9-11H2. The molecule has 40 heavy (non-hydrogen) atoms. The summed E-state index contributed by atoms with van der Waals surface area (Å²) in [6.07, 6.45) is 2.10. The Labute approximate surface area is 224 Å². The van der Waals surface area contributed by atoms with E-state index >= 15 is 0 Å². The van der Waals surface area contributed by atoms with Gasteiger partial charge in [-0.1, -0.05) is 12.1 Å². The molecule has 7 nitrogen and oxygen atoms in total. The smallest absolute Gasteiger partial charge is 0.274 e. The van der Waals surface area contributed by atoms with Crippen LogP contribution in [0, 0.1) is 29.1 Å². The molecular weight excluding hydrogens is 533 g/mol. The van der Waals surface area contributed by atoms with Crippen LogP contribution in [-0.4, -0.2) is 50.6 Å². The molecule has 12 heteroatoms. The maximum atomic E-state index is 14.6. The summed E-state index contributed by atoms with van der Waals surface area (Å²) in [5.41, 5.74) is 0.797. The second-order valence-electron chi connectivity index (χ2n) is 9.60. The fraction of sp³-hybridized carbons (Fsp3) is 0.214. The van der Waals surface area contributed by atoms with Crippen LogP contribution in [0.3, 0.4) is 0 Å². The number of benzene rings is 2. The molecular formula is C28H20F5N5O2. The van der Waals surface area contributed by atoms with E-state index in [1.54, 1.807) is 18.2 Å². The van der Waals surface area contributed by atoms with E-state index in [4.69, 9.17) is 0 Å². The fourth-order valence-corrected chi connectivity index (χ4v) is 5.27. The third-order valence-electron chi connectivity index (χ3n) is 7.19. The summed E-state index contributed by atoms with van der Waals surface area (Å²) in [5, 5.41) is 4.28. The maximum absolute atomic E-state index is 14.6. The number of likely N-dealkylation sites (tertiary alicyclic amines) is 1. The monoisotopic (exact) mass is 553 g/mol. The van der Waals surface area contributed by atoms with Crippen LogP contribution in [0.15, 0.2) is 54.7 Å². The molecule has 204 valence electrons. The van der Waals surface area contributed by atoms with Crippen molar-refractivity contribution in [3.63, 3.8) is 0 Å². The molecule has 0 saturated carbocycles. The first-order valence-corrected chi connectivity index (χ1v) is 12.5. The minimum atomic E-state index is -1.63. The number of hydrogen-bond acceptors (Lipinski definition) is 4. The number of halogens is 5. The Balaban J connectivity index is 1.27. The van der Waals surface area contributed by atoms with E-state index < -0.39 is 41.0 Å². The normalized spacial score (nSPS) is 15.6. The van der Waals surface area contributed by atoms with Crippen LogP contribution in [0.1, 0.15) is 28.9 Å². The predicted molar refractivity (Wildman–Crippen MR) is 133 cm³/mol. The molecule has 2 amide bonds. The number of pyridine rings is 1. The molecule has 4 aromatic rings. The van der Waals surface area contributed by atoms with Crippen LogP contribution in [0.4, 0.5) is 27.6 Å². The van der Waals surface area contributed by atoms with E-state index in [-0.39, 0.29) is 48.2 Å². The summed E-state index contributed by atoms with van der Waals surface area (Å²) in [6.45, 7) is 0.399. The number of amides is 2. The van der Waals surface area contributed by atoms with Gasteiger partial charge in [0.15, 0.2) is 34.8 Å². The van der Waals surface area contributed by atoms with Crippen molar-refractivity contribution in [2.45, 2.75) is 25.3 Å². The van der Waals surface area contributed by atoms with Gasteiger partial charge in [0.25, 0.3) is 5.91 Å². The van der Waals surface area contributed by atoms with Gasteiger partial charge in [0, 0.05) is 37.5 Å². The maximum Gasteiger partial charge on any atom is 0.274 e. The summed E-state index contributed by atoms with van der Waals surface area (Å²) >= 11 is 0. The fourth-order valence-electron chi connectivity index (χ4n) is 5.27. The molecule has 2 aliphatic heterocycles. The number of fused-ring (bicyclic) bond motifs is 1. The van der Waals surface area contributed by atoms with Crippen LogP contribution in [0.5, 0.6) is 0 Å². The van der Waals surface area contributed by atoms with Gasteiger partial charge in [0.1, 0.15) is 0 Å². The first kappa shape index (κ1) is 25.7. The zero-order valence-corrected chi connectivity index (χ0v) is 20.8. The highest BCUT2D eigenvalue weighted by Crippen LogP contribution is 2.37. The topological polar surface area (TPSA) is 71.3 Å². The Bertz CT molecular complexity index is 1630. The number of rotatable bonds is 4. The molecule has 1 saturated heterocycles. The van der Waals surface area contributed by atoms with Crippen LogP contribution in [-0.2, 0) is 11.2 Å². The largest absolute Gasteiger partial charge is 0.337 e. The molecule has 4 heterocycles. The SMILES string of the molecule is O=C(c1cc(-c2ccccn2)n(-c2cc(F)c(F)c(F)c2)n1)N1CCC(N2C(=O)Cc3ccc(F)c(F)c32)CC1. The average Bonchev–Trinajstić information content (AvgIpc) is 3.55. The van der Waals surface area contributed by atoms with Crippen molar-refractivity contribution in [3.05, 3.63) is 95.1 Å². The zero-order chi connectivity index (χ0) is 28.1. The third-order valence-corrected chi connectivity index (χ3v) is 7.19. The van der Waals surface area contributed by atoms with E-state index in [2.05, 4.69) is 10.1 Å². The number of carbonyl (C=O) groups excluding carboxylic acids is 2. The zero-order valence-electron chi connectivity index (χ0n) is 20.8. The minimum absolute atomic E-state index is 0.0238. The van der Waals surface area contributed by atoms with Crippen molar-refractivity contribution in [2.75, 3.05) is 18.0 Å². The Hall–Kier alpha value is -4.61. The number of hydrogen-bond donors (Lipinski definition) is 0. The molecule has 2 aliphatic rings. The summed E-state index contributed by atoms with van der Waals surface area (Å²) in [4.78, 5) is 33.1. The lowest BCUT2D eigenvalue weighted by Gasteiger charge is -2.36. The second kappa shape index (κ2) is 9.85. The number of aromatic nitrogens is 3. The van der Waals surface area contributed by atoms with Gasteiger partial charge in [0.05, 0.1) is 29.2 Å². The van der Waals surface area contributed by atoms with Gasteiger partial charge in [-0.3, -0.25) is 14.6 Å². The Morgan fingerprint density at radius 3 is 2.27 bits per heavy atom. The molecule has 2 aromatic carbocycles. The molecule has 0 atom stereocenters. The highest BCUT2D eigenvalue weighted by molar-refractivity contribution is 6.02. The van der Waals surface area contributed by atoms with Crippen molar-refractivity contribution < 1.29 is 31.5 Å². The number of piperidine rings is 1. The minimum Gasteiger partial charge on any atom is -0.337 e. The van der Waals surface area contributed by atoms with Crippen molar-refractivity contribution in [1.29, 1.82) is 0 Å². The van der Waals surface area contributed by atoms with Gasteiger partial charge in [0.2, 0.25) is 5.91 Å².